The molecule has 0 spiro atoms. The molecule has 0 amide bonds. The van der Waals surface area contributed by atoms with Gasteiger partial charge in [0.15, 0.2) is 5.78 Å². The van der Waals surface area contributed by atoms with E-state index in [1.807, 2.05) is 36.4 Å². The molecule has 1 aromatic rings. The Labute approximate surface area is 131 Å². The van der Waals surface area contributed by atoms with Crippen LogP contribution in [0.3, 0.4) is 0 Å². The van der Waals surface area contributed by atoms with Crippen LogP contribution >= 0.6 is 0 Å². The Bertz CT molecular complexity index is 602. The monoisotopic (exact) mass is 298 g/mol. The summed E-state index contributed by atoms with van der Waals surface area (Å²) in [4.78, 5) is 11.8. The number of carbonyl (C=O) groups is 1. The maximum absolute atomic E-state index is 11.8. The first-order valence-electron chi connectivity index (χ1n) is 7.78. The summed E-state index contributed by atoms with van der Waals surface area (Å²) < 4.78 is 12.5. The van der Waals surface area contributed by atoms with Crippen LogP contribution in [-0.2, 0) is 14.3 Å². The van der Waals surface area contributed by atoms with Crippen LogP contribution in [0, 0.1) is 5.92 Å². The van der Waals surface area contributed by atoms with Crippen molar-refractivity contribution in [3.05, 3.63) is 54.6 Å². The van der Waals surface area contributed by atoms with E-state index in [0.29, 0.717) is 13.0 Å². The topological polar surface area (TPSA) is 35.5 Å². The third-order valence-electron chi connectivity index (χ3n) is 4.67. The van der Waals surface area contributed by atoms with Crippen molar-refractivity contribution in [2.24, 2.45) is 5.92 Å². The van der Waals surface area contributed by atoms with Gasteiger partial charge < -0.3 is 9.47 Å². The third-order valence-corrected chi connectivity index (χ3v) is 4.67. The molecule has 1 saturated heterocycles. The van der Waals surface area contributed by atoms with Gasteiger partial charge in [-0.05, 0) is 29.2 Å². The molecule has 1 aromatic carbocycles. The molecule has 3 heteroatoms. The largest absolute Gasteiger partial charge is 0.365 e. The highest BCUT2D eigenvalue weighted by Gasteiger charge is 2.49. The summed E-state index contributed by atoms with van der Waals surface area (Å²) in [5.74, 6) is 0.337. The molecule has 2 aliphatic rings. The highest BCUT2D eigenvalue weighted by atomic mass is 16.6. The summed E-state index contributed by atoms with van der Waals surface area (Å²) in [5, 5.41) is 0. The molecule has 1 aliphatic heterocycles. The lowest BCUT2D eigenvalue weighted by Gasteiger charge is -2.48. The van der Waals surface area contributed by atoms with Crippen LogP contribution in [0.2, 0.25) is 0 Å². The van der Waals surface area contributed by atoms with Crippen molar-refractivity contribution in [2.45, 2.75) is 38.1 Å². The van der Waals surface area contributed by atoms with Crippen LogP contribution in [0.15, 0.2) is 49.1 Å². The molecule has 0 saturated carbocycles. The Kier molecular flexibility index (Phi) is 4.02. The van der Waals surface area contributed by atoms with Crippen molar-refractivity contribution < 1.29 is 14.3 Å². The average Bonchev–Trinajstić information content (AvgIpc) is 2.54. The van der Waals surface area contributed by atoms with Gasteiger partial charge in [0, 0.05) is 6.42 Å². The number of carbonyl (C=O) groups excluding carboxylic acids is 1. The molecule has 3 rings (SSSR count). The quantitative estimate of drug-likeness (QED) is 0.858. The second-order valence-electron chi connectivity index (χ2n) is 6.33. The molecule has 0 unspecified atom stereocenters. The first kappa shape index (κ1) is 15.2. The highest BCUT2D eigenvalue weighted by molar-refractivity contribution is 5.91. The first-order chi connectivity index (χ1) is 10.5. The van der Waals surface area contributed by atoms with E-state index in [-0.39, 0.29) is 23.9 Å². The fraction of sp³-hybridized carbons (Fsp3) is 0.421. The van der Waals surface area contributed by atoms with Crippen molar-refractivity contribution in [2.75, 3.05) is 6.61 Å². The zero-order valence-electron chi connectivity index (χ0n) is 13.1. The smallest absolute Gasteiger partial charge is 0.158 e. The van der Waals surface area contributed by atoms with E-state index >= 15 is 0 Å². The van der Waals surface area contributed by atoms with Gasteiger partial charge in [-0.3, -0.25) is 4.79 Å². The van der Waals surface area contributed by atoms with E-state index in [1.54, 1.807) is 6.08 Å². The van der Waals surface area contributed by atoms with Crippen molar-refractivity contribution in [3.63, 3.8) is 0 Å². The predicted molar refractivity (Wildman–Crippen MR) is 86.4 cm³/mol. The summed E-state index contributed by atoms with van der Waals surface area (Å²) in [6.45, 7) is 8.82. The van der Waals surface area contributed by atoms with Crippen molar-refractivity contribution in [1.29, 1.82) is 0 Å². The molecule has 3 atom stereocenters. The van der Waals surface area contributed by atoms with Crippen LogP contribution in [0.4, 0.5) is 0 Å². The fourth-order valence-electron chi connectivity index (χ4n) is 3.25. The van der Waals surface area contributed by atoms with Crippen LogP contribution in [0.1, 0.15) is 25.8 Å². The number of hydrogen-bond acceptors (Lipinski definition) is 3. The van der Waals surface area contributed by atoms with E-state index < -0.39 is 5.60 Å². The van der Waals surface area contributed by atoms with Crippen LogP contribution < -0.4 is 0 Å². The van der Waals surface area contributed by atoms with Gasteiger partial charge in [0.1, 0.15) is 11.7 Å². The molecule has 0 bridgehead atoms. The Morgan fingerprint density at radius 3 is 2.73 bits per heavy atom. The number of ether oxygens (including phenoxy) is 2. The Morgan fingerprint density at radius 2 is 2.05 bits per heavy atom. The standard InChI is InChI=1S/C19H22O3/c1-13(2)19-10-9-16(20)11-18(19)22-17(12-21-19)14(3)15-7-5-4-6-8-15/h4-10,13,17-18H,3,11-12H2,1-2H3/t17-,18-,19-/m1/s1. The Hall–Kier alpha value is -1.71. The van der Waals surface area contributed by atoms with Gasteiger partial charge in [0.2, 0.25) is 0 Å². The van der Waals surface area contributed by atoms with Crippen LogP contribution in [0.25, 0.3) is 5.57 Å². The lowest BCUT2D eigenvalue weighted by atomic mass is 9.77. The summed E-state index contributed by atoms with van der Waals surface area (Å²) in [6, 6.07) is 9.97. The first-order valence-corrected chi connectivity index (χ1v) is 7.78. The number of allylic oxidation sites excluding steroid dienone is 1. The van der Waals surface area contributed by atoms with E-state index in [9.17, 15) is 4.79 Å². The van der Waals surface area contributed by atoms with Crippen LogP contribution in [0.5, 0.6) is 0 Å². The fourth-order valence-corrected chi connectivity index (χ4v) is 3.25. The minimum absolute atomic E-state index is 0.0934. The Balaban J connectivity index is 1.83. The number of benzene rings is 1. The van der Waals surface area contributed by atoms with E-state index in [2.05, 4.69) is 20.4 Å². The predicted octanol–water partition coefficient (Wildman–Crippen LogP) is 3.41. The van der Waals surface area contributed by atoms with E-state index in [4.69, 9.17) is 9.47 Å². The molecule has 1 aliphatic carbocycles. The summed E-state index contributed by atoms with van der Waals surface area (Å²) >= 11 is 0. The molecule has 116 valence electrons. The van der Waals surface area contributed by atoms with Gasteiger partial charge in [0.05, 0.1) is 12.7 Å². The Morgan fingerprint density at radius 1 is 1.32 bits per heavy atom. The maximum atomic E-state index is 11.8. The minimum Gasteiger partial charge on any atom is -0.365 e. The lowest BCUT2D eigenvalue weighted by molar-refractivity contribution is -0.218. The molecule has 22 heavy (non-hydrogen) atoms. The molecule has 0 aromatic heterocycles. The van der Waals surface area contributed by atoms with Gasteiger partial charge in [-0.15, -0.1) is 0 Å². The third kappa shape index (κ3) is 2.55. The van der Waals surface area contributed by atoms with Crippen molar-refractivity contribution in [1.82, 2.24) is 0 Å². The van der Waals surface area contributed by atoms with Gasteiger partial charge >= 0.3 is 0 Å². The molecule has 0 N–H and O–H groups in total. The highest BCUT2D eigenvalue weighted by Crippen LogP contribution is 2.40. The second kappa shape index (κ2) is 5.82. The average molecular weight is 298 g/mol. The molecule has 0 radical (unpaired) electrons. The van der Waals surface area contributed by atoms with Crippen molar-refractivity contribution in [3.8, 4) is 0 Å². The zero-order chi connectivity index (χ0) is 15.7. The van der Waals surface area contributed by atoms with E-state index in [0.717, 1.165) is 11.1 Å². The molecular formula is C19H22O3. The number of rotatable bonds is 3. The lowest BCUT2D eigenvalue weighted by Crippen LogP contribution is -2.58. The summed E-state index contributed by atoms with van der Waals surface area (Å²) in [6.07, 6.45) is 3.43. The van der Waals surface area contributed by atoms with Gasteiger partial charge in [-0.25, -0.2) is 0 Å². The molecule has 1 fully saturated rings. The summed E-state index contributed by atoms with van der Waals surface area (Å²) in [7, 11) is 0. The van der Waals surface area contributed by atoms with Gasteiger partial charge in [-0.1, -0.05) is 50.8 Å². The number of hydrogen-bond donors (Lipinski definition) is 0. The summed E-state index contributed by atoms with van der Waals surface area (Å²) in [5.41, 5.74) is 1.45. The van der Waals surface area contributed by atoms with Crippen LogP contribution in [-0.4, -0.2) is 30.2 Å². The molecule has 1 heterocycles. The van der Waals surface area contributed by atoms with E-state index in [1.165, 1.54) is 0 Å². The van der Waals surface area contributed by atoms with Gasteiger partial charge in [0.25, 0.3) is 0 Å². The second-order valence-corrected chi connectivity index (χ2v) is 6.33. The van der Waals surface area contributed by atoms with Crippen molar-refractivity contribution >= 4 is 11.4 Å². The maximum Gasteiger partial charge on any atom is 0.158 e. The minimum atomic E-state index is -0.499. The molecular weight excluding hydrogens is 276 g/mol. The number of ketones is 1. The number of fused-ring (bicyclic) bond motifs is 1. The molecule has 3 nitrogen and oxygen atoms in total. The van der Waals surface area contributed by atoms with Gasteiger partial charge in [-0.2, -0.15) is 0 Å². The SMILES string of the molecule is C=C(c1ccccc1)[C@H]1CO[C@@]2(C(C)C)C=CC(=O)C[C@H]2O1. The zero-order valence-corrected chi connectivity index (χ0v) is 13.1. The normalized spacial score (nSPS) is 31.1.